The summed E-state index contributed by atoms with van der Waals surface area (Å²) < 4.78 is 5.18. The van der Waals surface area contributed by atoms with E-state index in [0.29, 0.717) is 22.7 Å². The average molecular weight is 337 g/mol. The molecule has 126 valence electrons. The number of nitrogens with zero attached hydrogens (tertiary/aromatic N) is 3. The summed E-state index contributed by atoms with van der Waals surface area (Å²) in [6, 6.07) is 13.0. The van der Waals surface area contributed by atoms with Crippen LogP contribution in [0.3, 0.4) is 0 Å². The van der Waals surface area contributed by atoms with Crippen LogP contribution in [0.1, 0.15) is 12.5 Å². The number of ether oxygens (including phenoxy) is 1. The minimum absolute atomic E-state index is 0.0387. The van der Waals surface area contributed by atoms with Gasteiger partial charge in [0.25, 0.3) is 11.6 Å². The number of hydrogen-bond donors (Lipinski definition) is 0. The van der Waals surface area contributed by atoms with Gasteiger partial charge < -0.3 is 4.74 Å². The minimum Gasteiger partial charge on any atom is -0.497 e. The molecule has 7 heteroatoms. The molecule has 1 amide bonds. The van der Waals surface area contributed by atoms with Crippen LogP contribution in [0.15, 0.2) is 59.2 Å². The van der Waals surface area contributed by atoms with Crippen LogP contribution >= 0.6 is 0 Å². The third-order valence-corrected chi connectivity index (χ3v) is 3.77. The molecule has 2 aromatic rings. The molecule has 0 bridgehead atoms. The molecule has 1 aliphatic heterocycles. The molecule has 25 heavy (non-hydrogen) atoms. The second-order valence-corrected chi connectivity index (χ2v) is 5.41. The van der Waals surface area contributed by atoms with Crippen molar-refractivity contribution in [3.63, 3.8) is 0 Å². The zero-order valence-electron chi connectivity index (χ0n) is 13.7. The van der Waals surface area contributed by atoms with Crippen molar-refractivity contribution in [1.29, 1.82) is 0 Å². The van der Waals surface area contributed by atoms with Crippen molar-refractivity contribution in [1.82, 2.24) is 0 Å². The Morgan fingerprint density at radius 1 is 1.20 bits per heavy atom. The second kappa shape index (κ2) is 6.56. The molecule has 7 nitrogen and oxygen atoms in total. The number of methoxy groups -OCH3 is 1. The predicted molar refractivity (Wildman–Crippen MR) is 94.7 cm³/mol. The fraction of sp³-hybridized carbons (Fsp3) is 0.111. The van der Waals surface area contributed by atoms with Gasteiger partial charge >= 0.3 is 0 Å². The standard InChI is InChI=1S/C18H15N3O4/c1-12-17(11-13-4-3-5-16(10-13)25-2)18(22)20(19-12)14-6-8-15(9-7-14)21(23)24/h3-11H,1-2H3/b17-11-. The first-order chi connectivity index (χ1) is 12.0. The van der Waals surface area contributed by atoms with Gasteiger partial charge in [-0.1, -0.05) is 12.1 Å². The van der Waals surface area contributed by atoms with Crippen molar-refractivity contribution in [2.24, 2.45) is 5.10 Å². The molecule has 0 saturated carbocycles. The van der Waals surface area contributed by atoms with Crippen molar-refractivity contribution in [2.75, 3.05) is 12.1 Å². The number of carbonyl (C=O) groups excluding carboxylic acids is 1. The molecular weight excluding hydrogens is 322 g/mol. The van der Waals surface area contributed by atoms with Crippen LogP contribution in [0.25, 0.3) is 6.08 Å². The van der Waals surface area contributed by atoms with E-state index in [1.165, 1.54) is 29.3 Å². The zero-order chi connectivity index (χ0) is 18.0. The highest BCUT2D eigenvalue weighted by atomic mass is 16.6. The Bertz CT molecular complexity index is 901. The maximum Gasteiger partial charge on any atom is 0.280 e. The summed E-state index contributed by atoms with van der Waals surface area (Å²) in [5.41, 5.74) is 2.30. The van der Waals surface area contributed by atoms with Crippen molar-refractivity contribution in [3.8, 4) is 5.75 Å². The quantitative estimate of drug-likeness (QED) is 0.486. The zero-order valence-corrected chi connectivity index (χ0v) is 13.7. The lowest BCUT2D eigenvalue weighted by molar-refractivity contribution is -0.384. The Morgan fingerprint density at radius 2 is 1.92 bits per heavy atom. The van der Waals surface area contributed by atoms with E-state index in [1.54, 1.807) is 20.1 Å². The lowest BCUT2D eigenvalue weighted by Crippen LogP contribution is -2.21. The summed E-state index contributed by atoms with van der Waals surface area (Å²) in [4.78, 5) is 22.9. The number of hydrazone groups is 1. The van der Waals surface area contributed by atoms with E-state index in [2.05, 4.69) is 5.10 Å². The van der Waals surface area contributed by atoms with E-state index in [9.17, 15) is 14.9 Å². The Kier molecular flexibility index (Phi) is 4.30. The maximum atomic E-state index is 12.7. The predicted octanol–water partition coefficient (Wildman–Crippen LogP) is 3.41. The van der Waals surface area contributed by atoms with Gasteiger partial charge in [-0.2, -0.15) is 10.1 Å². The molecule has 1 aliphatic rings. The molecule has 0 N–H and O–H groups in total. The Hall–Kier alpha value is -3.48. The summed E-state index contributed by atoms with van der Waals surface area (Å²) in [6.45, 7) is 1.75. The monoisotopic (exact) mass is 337 g/mol. The molecule has 0 unspecified atom stereocenters. The third kappa shape index (κ3) is 3.25. The number of nitro benzene ring substituents is 1. The molecule has 0 aliphatic carbocycles. The van der Waals surface area contributed by atoms with E-state index in [1.807, 2.05) is 24.3 Å². The maximum absolute atomic E-state index is 12.7. The van der Waals surface area contributed by atoms with E-state index >= 15 is 0 Å². The Balaban J connectivity index is 1.90. The van der Waals surface area contributed by atoms with Crippen molar-refractivity contribution < 1.29 is 14.5 Å². The number of benzene rings is 2. The van der Waals surface area contributed by atoms with Crippen LogP contribution in [-0.4, -0.2) is 23.7 Å². The van der Waals surface area contributed by atoms with Crippen LogP contribution in [0.2, 0.25) is 0 Å². The van der Waals surface area contributed by atoms with Gasteiger partial charge in [0.1, 0.15) is 5.75 Å². The van der Waals surface area contributed by atoms with Gasteiger partial charge in [0.2, 0.25) is 0 Å². The van der Waals surface area contributed by atoms with E-state index in [4.69, 9.17) is 4.74 Å². The highest BCUT2D eigenvalue weighted by molar-refractivity contribution is 6.32. The highest BCUT2D eigenvalue weighted by Gasteiger charge is 2.28. The van der Waals surface area contributed by atoms with Crippen LogP contribution in [0.4, 0.5) is 11.4 Å². The van der Waals surface area contributed by atoms with E-state index in [0.717, 1.165) is 5.56 Å². The second-order valence-electron chi connectivity index (χ2n) is 5.41. The van der Waals surface area contributed by atoms with Crippen molar-refractivity contribution >= 4 is 29.1 Å². The van der Waals surface area contributed by atoms with Crippen LogP contribution < -0.4 is 9.75 Å². The topological polar surface area (TPSA) is 85.0 Å². The number of non-ortho nitro benzene ring substituents is 1. The average Bonchev–Trinajstić information content (AvgIpc) is 2.90. The molecule has 0 spiro atoms. The Labute approximate surface area is 144 Å². The number of amides is 1. The summed E-state index contributed by atoms with van der Waals surface area (Å²) in [5, 5.41) is 16.2. The van der Waals surface area contributed by atoms with Crippen LogP contribution in [0.5, 0.6) is 5.75 Å². The molecule has 0 fully saturated rings. The highest BCUT2D eigenvalue weighted by Crippen LogP contribution is 2.27. The minimum atomic E-state index is -0.488. The smallest absolute Gasteiger partial charge is 0.280 e. The van der Waals surface area contributed by atoms with E-state index in [-0.39, 0.29) is 11.6 Å². The SMILES string of the molecule is COc1cccc(/C=C2\C(=O)N(c3ccc([N+](=O)[O-])cc3)N=C2C)c1. The van der Waals surface area contributed by atoms with Gasteiger partial charge in [0.15, 0.2) is 0 Å². The van der Waals surface area contributed by atoms with Crippen molar-refractivity contribution in [2.45, 2.75) is 6.92 Å². The molecule has 3 rings (SSSR count). The molecule has 1 heterocycles. The van der Waals surface area contributed by atoms with Gasteiger partial charge in [-0.15, -0.1) is 0 Å². The molecule has 0 radical (unpaired) electrons. The van der Waals surface area contributed by atoms with Gasteiger partial charge in [0, 0.05) is 12.1 Å². The summed E-state index contributed by atoms with van der Waals surface area (Å²) in [6.07, 6.45) is 1.75. The summed E-state index contributed by atoms with van der Waals surface area (Å²) in [5.74, 6) is 0.413. The summed E-state index contributed by atoms with van der Waals surface area (Å²) >= 11 is 0. The number of hydrogen-bond acceptors (Lipinski definition) is 5. The Morgan fingerprint density at radius 3 is 2.56 bits per heavy atom. The lowest BCUT2D eigenvalue weighted by atomic mass is 10.1. The third-order valence-electron chi connectivity index (χ3n) is 3.77. The van der Waals surface area contributed by atoms with Gasteiger partial charge in [0.05, 0.1) is 29.0 Å². The first-order valence-corrected chi connectivity index (χ1v) is 7.50. The lowest BCUT2D eigenvalue weighted by Gasteiger charge is -2.11. The largest absolute Gasteiger partial charge is 0.497 e. The molecular formula is C18H15N3O4. The normalized spacial score (nSPS) is 15.4. The number of anilines is 1. The van der Waals surface area contributed by atoms with E-state index < -0.39 is 4.92 Å². The molecule has 0 aromatic heterocycles. The number of nitro groups is 1. The van der Waals surface area contributed by atoms with Crippen LogP contribution in [-0.2, 0) is 4.79 Å². The molecule has 0 saturated heterocycles. The van der Waals surface area contributed by atoms with Gasteiger partial charge in [-0.25, -0.2) is 0 Å². The van der Waals surface area contributed by atoms with Crippen molar-refractivity contribution in [3.05, 3.63) is 69.8 Å². The first kappa shape index (κ1) is 16.4. The molecule has 2 aromatic carbocycles. The summed E-state index contributed by atoms with van der Waals surface area (Å²) in [7, 11) is 1.58. The number of rotatable bonds is 4. The fourth-order valence-corrected chi connectivity index (χ4v) is 2.47. The number of carbonyl (C=O) groups is 1. The van der Waals surface area contributed by atoms with Crippen LogP contribution in [0, 0.1) is 10.1 Å². The fourth-order valence-electron chi connectivity index (χ4n) is 2.47. The van der Waals surface area contributed by atoms with Gasteiger partial charge in [-0.05, 0) is 42.8 Å². The molecule has 0 atom stereocenters. The first-order valence-electron chi connectivity index (χ1n) is 7.50. The van der Waals surface area contributed by atoms with Gasteiger partial charge in [-0.3, -0.25) is 14.9 Å².